The number of anilines is 2. The van der Waals surface area contributed by atoms with Gasteiger partial charge in [-0.15, -0.1) is 0 Å². The topological polar surface area (TPSA) is 87.9 Å². The van der Waals surface area contributed by atoms with E-state index in [0.29, 0.717) is 36.8 Å². The van der Waals surface area contributed by atoms with Gasteiger partial charge in [0.05, 0.1) is 18.1 Å². The van der Waals surface area contributed by atoms with E-state index in [4.69, 9.17) is 9.15 Å². The van der Waals surface area contributed by atoms with E-state index in [1.54, 1.807) is 35.4 Å². The summed E-state index contributed by atoms with van der Waals surface area (Å²) in [5.74, 6) is 1.48. The molecular weight excluding hydrogens is 396 g/mol. The zero-order chi connectivity index (χ0) is 21.5. The van der Waals surface area contributed by atoms with E-state index in [2.05, 4.69) is 15.2 Å². The maximum atomic E-state index is 12.5. The van der Waals surface area contributed by atoms with Crippen LogP contribution in [0.15, 0.2) is 71.5 Å². The number of carbonyl (C=O) groups excluding carboxylic acids is 2. The van der Waals surface area contributed by atoms with Crippen molar-refractivity contribution in [1.29, 1.82) is 0 Å². The van der Waals surface area contributed by atoms with Crippen molar-refractivity contribution in [3.05, 3.63) is 72.8 Å². The minimum absolute atomic E-state index is 0.0720. The third kappa shape index (κ3) is 5.42. The first kappa shape index (κ1) is 20.5. The van der Waals surface area contributed by atoms with Gasteiger partial charge in [0.2, 0.25) is 0 Å². The Morgan fingerprint density at radius 3 is 2.61 bits per heavy atom. The molecule has 160 valence electrons. The lowest BCUT2D eigenvalue weighted by atomic mass is 10.3. The molecule has 1 fully saturated rings. The molecule has 1 aromatic carbocycles. The Morgan fingerprint density at radius 2 is 1.87 bits per heavy atom. The molecule has 8 nitrogen and oxygen atoms in total. The van der Waals surface area contributed by atoms with Gasteiger partial charge in [0.1, 0.15) is 11.6 Å². The third-order valence-electron chi connectivity index (χ3n) is 4.98. The van der Waals surface area contributed by atoms with Gasteiger partial charge in [-0.25, -0.2) is 4.98 Å². The normalized spacial score (nSPS) is 14.1. The lowest BCUT2D eigenvalue weighted by molar-refractivity contribution is -0.118. The second kappa shape index (κ2) is 9.80. The zero-order valence-electron chi connectivity index (χ0n) is 17.1. The number of hydrogen-bond acceptors (Lipinski definition) is 6. The number of hydrogen-bond donors (Lipinski definition) is 1. The molecule has 0 bridgehead atoms. The summed E-state index contributed by atoms with van der Waals surface area (Å²) in [6, 6.07) is 16.3. The first-order valence-corrected chi connectivity index (χ1v) is 10.2. The molecule has 3 heterocycles. The summed E-state index contributed by atoms with van der Waals surface area (Å²) >= 11 is 0. The van der Waals surface area contributed by atoms with Crippen LogP contribution in [0, 0.1) is 0 Å². The van der Waals surface area contributed by atoms with E-state index in [1.807, 2.05) is 30.3 Å². The summed E-state index contributed by atoms with van der Waals surface area (Å²) in [5, 5.41) is 2.78. The second-order valence-corrected chi connectivity index (χ2v) is 7.17. The Morgan fingerprint density at radius 1 is 1.00 bits per heavy atom. The molecule has 0 atom stereocenters. The maximum Gasteiger partial charge on any atom is 0.289 e. The highest BCUT2D eigenvalue weighted by Crippen LogP contribution is 2.18. The number of ether oxygens (including phenoxy) is 1. The SMILES string of the molecule is O=C(COc1ccccc1)Nc1ccc(N2CCCN(C(=O)c3ccco3)CC2)nc1. The van der Waals surface area contributed by atoms with E-state index in [-0.39, 0.29) is 18.4 Å². The summed E-state index contributed by atoms with van der Waals surface area (Å²) in [4.78, 5) is 33.0. The average Bonchev–Trinajstić information content (AvgIpc) is 3.23. The first-order chi connectivity index (χ1) is 15.2. The quantitative estimate of drug-likeness (QED) is 0.660. The number of aromatic nitrogens is 1. The molecule has 1 saturated heterocycles. The smallest absolute Gasteiger partial charge is 0.289 e. The molecule has 1 N–H and O–H groups in total. The molecule has 1 aliphatic heterocycles. The van der Waals surface area contributed by atoms with Crippen LogP contribution in [0.2, 0.25) is 0 Å². The van der Waals surface area contributed by atoms with Crippen molar-refractivity contribution < 1.29 is 18.7 Å². The monoisotopic (exact) mass is 420 g/mol. The summed E-state index contributed by atoms with van der Waals surface area (Å²) in [7, 11) is 0. The van der Waals surface area contributed by atoms with Gasteiger partial charge in [0.25, 0.3) is 11.8 Å². The molecule has 8 heteroatoms. The van der Waals surface area contributed by atoms with Crippen LogP contribution in [0.5, 0.6) is 5.75 Å². The van der Waals surface area contributed by atoms with Gasteiger partial charge in [0.15, 0.2) is 12.4 Å². The summed E-state index contributed by atoms with van der Waals surface area (Å²) in [6.07, 6.45) is 3.98. The number of pyridine rings is 1. The number of para-hydroxylation sites is 1. The molecule has 0 saturated carbocycles. The van der Waals surface area contributed by atoms with Crippen LogP contribution in [-0.2, 0) is 4.79 Å². The number of benzene rings is 1. The Balaban J connectivity index is 1.28. The van der Waals surface area contributed by atoms with Crippen LogP contribution in [0.3, 0.4) is 0 Å². The highest BCUT2D eigenvalue weighted by Gasteiger charge is 2.22. The van der Waals surface area contributed by atoms with Crippen molar-refractivity contribution in [3.63, 3.8) is 0 Å². The Kier molecular flexibility index (Phi) is 6.47. The summed E-state index contributed by atoms with van der Waals surface area (Å²) in [5.41, 5.74) is 0.606. The van der Waals surface area contributed by atoms with Crippen LogP contribution in [-0.4, -0.2) is 54.5 Å². The van der Waals surface area contributed by atoms with E-state index >= 15 is 0 Å². The van der Waals surface area contributed by atoms with Gasteiger partial charge >= 0.3 is 0 Å². The van der Waals surface area contributed by atoms with Crippen molar-refractivity contribution in [3.8, 4) is 5.75 Å². The Labute approximate surface area is 180 Å². The van der Waals surface area contributed by atoms with Crippen LogP contribution in [0.4, 0.5) is 11.5 Å². The largest absolute Gasteiger partial charge is 0.484 e. The molecular formula is C23H24N4O4. The zero-order valence-corrected chi connectivity index (χ0v) is 17.1. The van der Waals surface area contributed by atoms with Crippen LogP contribution in [0.25, 0.3) is 0 Å². The van der Waals surface area contributed by atoms with Crippen molar-refractivity contribution in [2.45, 2.75) is 6.42 Å². The number of carbonyl (C=O) groups is 2. The third-order valence-corrected chi connectivity index (χ3v) is 4.98. The molecule has 2 aromatic heterocycles. The van der Waals surface area contributed by atoms with Gasteiger partial charge < -0.3 is 24.3 Å². The Bertz CT molecular complexity index is 990. The van der Waals surface area contributed by atoms with E-state index < -0.39 is 0 Å². The number of nitrogens with one attached hydrogen (secondary N) is 1. The predicted molar refractivity (Wildman–Crippen MR) is 116 cm³/mol. The molecule has 0 unspecified atom stereocenters. The summed E-state index contributed by atoms with van der Waals surface area (Å²) < 4.78 is 10.7. The standard InChI is InChI=1S/C23H24N4O4/c28-22(17-31-19-6-2-1-3-7-19)25-18-9-10-21(24-16-18)26-11-5-12-27(14-13-26)23(29)20-8-4-15-30-20/h1-4,6-10,15-16H,5,11-14,17H2,(H,25,28). The molecule has 3 aromatic rings. The maximum absolute atomic E-state index is 12.5. The van der Waals surface area contributed by atoms with Crippen LogP contribution >= 0.6 is 0 Å². The minimum Gasteiger partial charge on any atom is -0.484 e. The molecule has 0 radical (unpaired) electrons. The van der Waals surface area contributed by atoms with Gasteiger partial charge in [-0.3, -0.25) is 9.59 Å². The van der Waals surface area contributed by atoms with E-state index in [0.717, 1.165) is 18.8 Å². The molecule has 31 heavy (non-hydrogen) atoms. The van der Waals surface area contributed by atoms with Crippen molar-refractivity contribution in [2.24, 2.45) is 0 Å². The van der Waals surface area contributed by atoms with Gasteiger partial charge in [-0.05, 0) is 42.8 Å². The fraction of sp³-hybridized carbons (Fsp3) is 0.261. The van der Waals surface area contributed by atoms with Gasteiger partial charge in [-0.2, -0.15) is 0 Å². The van der Waals surface area contributed by atoms with Crippen molar-refractivity contribution in [2.75, 3.05) is 43.0 Å². The predicted octanol–water partition coefficient (Wildman–Crippen LogP) is 3.04. The summed E-state index contributed by atoms with van der Waals surface area (Å²) in [6.45, 7) is 2.67. The number of amides is 2. The second-order valence-electron chi connectivity index (χ2n) is 7.17. The van der Waals surface area contributed by atoms with Gasteiger partial charge in [-0.1, -0.05) is 18.2 Å². The molecule has 2 amide bonds. The van der Waals surface area contributed by atoms with E-state index in [9.17, 15) is 9.59 Å². The fourth-order valence-corrected chi connectivity index (χ4v) is 3.42. The van der Waals surface area contributed by atoms with Crippen LogP contribution < -0.4 is 15.0 Å². The van der Waals surface area contributed by atoms with Crippen molar-refractivity contribution in [1.82, 2.24) is 9.88 Å². The lowest BCUT2D eigenvalue weighted by Crippen LogP contribution is -2.35. The van der Waals surface area contributed by atoms with Crippen molar-refractivity contribution >= 4 is 23.3 Å². The highest BCUT2D eigenvalue weighted by molar-refractivity contribution is 5.92. The lowest BCUT2D eigenvalue weighted by Gasteiger charge is -2.22. The number of nitrogens with zero attached hydrogens (tertiary/aromatic N) is 3. The van der Waals surface area contributed by atoms with E-state index in [1.165, 1.54) is 6.26 Å². The number of rotatable bonds is 6. The molecule has 0 aliphatic carbocycles. The average molecular weight is 420 g/mol. The number of furan rings is 1. The first-order valence-electron chi connectivity index (χ1n) is 10.2. The fourth-order valence-electron chi connectivity index (χ4n) is 3.42. The molecule has 4 rings (SSSR count). The molecule has 0 spiro atoms. The minimum atomic E-state index is -0.250. The van der Waals surface area contributed by atoms with Crippen LogP contribution in [0.1, 0.15) is 17.0 Å². The highest BCUT2D eigenvalue weighted by atomic mass is 16.5. The van der Waals surface area contributed by atoms with Gasteiger partial charge in [0, 0.05) is 26.2 Å². The Hall–Kier alpha value is -3.81. The molecule has 1 aliphatic rings.